The van der Waals surface area contributed by atoms with E-state index in [1.165, 1.54) is 0 Å². The van der Waals surface area contributed by atoms with Gasteiger partial charge in [-0.1, -0.05) is 0 Å². The fraction of sp³-hybridized carbons (Fsp3) is 0.368. The number of nitrogens with zero attached hydrogens (tertiary/aromatic N) is 6. The summed E-state index contributed by atoms with van der Waals surface area (Å²) in [6.45, 7) is 8.24. The second-order valence-electron chi connectivity index (χ2n) is 6.73. The van der Waals surface area contributed by atoms with Crippen molar-refractivity contribution in [2.45, 2.75) is 13.8 Å². The van der Waals surface area contributed by atoms with Gasteiger partial charge in [-0.25, -0.2) is 19.9 Å². The van der Waals surface area contributed by atoms with Crippen LogP contribution in [0.25, 0.3) is 10.6 Å². The predicted octanol–water partition coefficient (Wildman–Crippen LogP) is 3.11. The van der Waals surface area contributed by atoms with E-state index in [9.17, 15) is 0 Å². The van der Waals surface area contributed by atoms with Gasteiger partial charge in [0.2, 0.25) is 5.95 Å². The highest BCUT2D eigenvalue weighted by atomic mass is 32.1. The van der Waals surface area contributed by atoms with E-state index in [4.69, 9.17) is 0 Å². The van der Waals surface area contributed by atoms with Crippen LogP contribution in [0.5, 0.6) is 0 Å². The molecule has 0 aliphatic carbocycles. The first-order chi connectivity index (χ1) is 13.1. The molecule has 0 aromatic carbocycles. The van der Waals surface area contributed by atoms with Crippen LogP contribution in [0.2, 0.25) is 0 Å². The standard InChI is InChI=1S/C19H23N7S/c1-13-18(27-14(2)22-13)16-6-7-20-19(23-16)24-17-5-4-15(12-21-17)26-10-8-25(3)9-11-26/h4-7,12H,8-11H2,1-3H3,(H,20,21,23,24). The molecule has 0 spiro atoms. The quantitative estimate of drug-likeness (QED) is 0.744. The van der Waals surface area contributed by atoms with E-state index in [0.29, 0.717) is 5.95 Å². The second-order valence-corrected chi connectivity index (χ2v) is 7.93. The topological polar surface area (TPSA) is 70.1 Å². The van der Waals surface area contributed by atoms with Crippen molar-refractivity contribution in [1.29, 1.82) is 0 Å². The van der Waals surface area contributed by atoms with Crippen LogP contribution in [0.4, 0.5) is 17.5 Å². The van der Waals surface area contributed by atoms with E-state index >= 15 is 0 Å². The lowest BCUT2D eigenvalue weighted by molar-refractivity contribution is 0.313. The minimum atomic E-state index is 0.540. The largest absolute Gasteiger partial charge is 0.368 e. The van der Waals surface area contributed by atoms with E-state index in [2.05, 4.69) is 48.2 Å². The van der Waals surface area contributed by atoms with Crippen LogP contribution >= 0.6 is 11.3 Å². The molecule has 7 nitrogen and oxygen atoms in total. The van der Waals surface area contributed by atoms with Gasteiger partial charge >= 0.3 is 0 Å². The number of hydrogen-bond acceptors (Lipinski definition) is 8. The maximum absolute atomic E-state index is 4.63. The number of nitrogens with one attached hydrogen (secondary N) is 1. The summed E-state index contributed by atoms with van der Waals surface area (Å²) in [5, 5.41) is 4.24. The van der Waals surface area contributed by atoms with Crippen molar-refractivity contribution in [3.63, 3.8) is 0 Å². The van der Waals surface area contributed by atoms with Gasteiger partial charge in [-0.2, -0.15) is 0 Å². The lowest BCUT2D eigenvalue weighted by atomic mass is 10.3. The lowest BCUT2D eigenvalue weighted by Gasteiger charge is -2.33. The van der Waals surface area contributed by atoms with Gasteiger partial charge in [0.05, 0.1) is 33.2 Å². The van der Waals surface area contributed by atoms with Crippen LogP contribution in [0, 0.1) is 13.8 Å². The average molecular weight is 382 g/mol. The Morgan fingerprint density at radius 1 is 1.00 bits per heavy atom. The molecule has 0 bridgehead atoms. The molecule has 3 aromatic rings. The van der Waals surface area contributed by atoms with Crippen LogP contribution in [0.3, 0.4) is 0 Å². The SMILES string of the molecule is Cc1nc(C)c(-c2ccnc(Nc3ccc(N4CCN(C)CC4)cn3)n2)s1. The van der Waals surface area contributed by atoms with Gasteiger partial charge < -0.3 is 15.1 Å². The number of anilines is 3. The smallest absolute Gasteiger partial charge is 0.228 e. The summed E-state index contributed by atoms with van der Waals surface area (Å²) < 4.78 is 0. The predicted molar refractivity (Wildman–Crippen MR) is 110 cm³/mol. The van der Waals surface area contributed by atoms with E-state index in [1.807, 2.05) is 32.2 Å². The Hall–Kier alpha value is -2.58. The van der Waals surface area contributed by atoms with Crippen LogP contribution in [0.1, 0.15) is 10.7 Å². The Bertz CT molecular complexity index is 914. The summed E-state index contributed by atoms with van der Waals surface area (Å²) in [5.41, 5.74) is 3.03. The Morgan fingerprint density at radius 2 is 1.81 bits per heavy atom. The van der Waals surface area contributed by atoms with Crippen LogP contribution < -0.4 is 10.2 Å². The van der Waals surface area contributed by atoms with Crippen molar-refractivity contribution in [3.05, 3.63) is 41.3 Å². The van der Waals surface area contributed by atoms with Gasteiger partial charge in [-0.05, 0) is 39.1 Å². The van der Waals surface area contributed by atoms with Crippen molar-refractivity contribution in [3.8, 4) is 10.6 Å². The molecule has 4 heterocycles. The van der Waals surface area contributed by atoms with Gasteiger partial charge in [0.15, 0.2) is 0 Å². The fourth-order valence-electron chi connectivity index (χ4n) is 3.14. The highest BCUT2D eigenvalue weighted by Crippen LogP contribution is 2.28. The number of hydrogen-bond donors (Lipinski definition) is 1. The third-order valence-electron chi connectivity index (χ3n) is 4.65. The minimum Gasteiger partial charge on any atom is -0.368 e. The zero-order valence-electron chi connectivity index (χ0n) is 15.8. The monoisotopic (exact) mass is 381 g/mol. The number of aromatic nitrogens is 4. The molecule has 1 N–H and O–H groups in total. The Kier molecular flexibility index (Phi) is 5.00. The highest BCUT2D eigenvalue weighted by molar-refractivity contribution is 7.15. The number of thiazole rings is 1. The van der Waals surface area contributed by atoms with Crippen LogP contribution in [-0.2, 0) is 0 Å². The zero-order chi connectivity index (χ0) is 18.8. The third kappa shape index (κ3) is 4.06. The fourth-order valence-corrected chi connectivity index (χ4v) is 4.03. The van der Waals surface area contributed by atoms with Gasteiger partial charge in [-0.15, -0.1) is 11.3 Å². The zero-order valence-corrected chi connectivity index (χ0v) is 16.6. The average Bonchev–Trinajstić information content (AvgIpc) is 3.02. The molecule has 0 amide bonds. The maximum atomic E-state index is 4.63. The molecule has 1 fully saturated rings. The molecule has 0 radical (unpaired) electrons. The van der Waals surface area contributed by atoms with Gasteiger partial charge in [-0.3, -0.25) is 0 Å². The summed E-state index contributed by atoms with van der Waals surface area (Å²) in [4.78, 5) is 23.7. The molecule has 140 valence electrons. The summed E-state index contributed by atoms with van der Waals surface area (Å²) in [7, 11) is 2.16. The van der Waals surface area contributed by atoms with Crippen molar-refractivity contribution < 1.29 is 0 Å². The third-order valence-corrected chi connectivity index (χ3v) is 5.74. The van der Waals surface area contributed by atoms with Crippen LogP contribution in [0.15, 0.2) is 30.6 Å². The van der Waals surface area contributed by atoms with E-state index in [0.717, 1.165) is 59.0 Å². The summed E-state index contributed by atoms with van der Waals surface area (Å²) >= 11 is 1.65. The summed E-state index contributed by atoms with van der Waals surface area (Å²) in [6, 6.07) is 5.99. The molecule has 8 heteroatoms. The van der Waals surface area contributed by atoms with Crippen molar-refractivity contribution >= 4 is 28.8 Å². The number of piperazine rings is 1. The van der Waals surface area contributed by atoms with E-state index in [1.54, 1.807) is 17.5 Å². The Labute approximate surface area is 163 Å². The van der Waals surface area contributed by atoms with Crippen molar-refractivity contribution in [2.75, 3.05) is 43.4 Å². The van der Waals surface area contributed by atoms with E-state index in [-0.39, 0.29) is 0 Å². The summed E-state index contributed by atoms with van der Waals surface area (Å²) in [5.74, 6) is 1.28. The van der Waals surface area contributed by atoms with Gasteiger partial charge in [0, 0.05) is 32.4 Å². The number of likely N-dealkylation sites (N-methyl/N-ethyl adjacent to an activating group) is 1. The molecule has 1 aliphatic rings. The number of aryl methyl sites for hydroxylation is 2. The molecule has 1 aliphatic heterocycles. The molecule has 0 saturated carbocycles. The first-order valence-electron chi connectivity index (χ1n) is 9.02. The molecule has 0 unspecified atom stereocenters. The Morgan fingerprint density at radius 3 is 2.48 bits per heavy atom. The normalized spacial score (nSPS) is 15.1. The van der Waals surface area contributed by atoms with Gasteiger partial charge in [0.25, 0.3) is 0 Å². The molecule has 1 saturated heterocycles. The molecule has 27 heavy (non-hydrogen) atoms. The molecule has 3 aromatic heterocycles. The molecular weight excluding hydrogens is 358 g/mol. The minimum absolute atomic E-state index is 0.540. The number of pyridine rings is 1. The molecule has 0 atom stereocenters. The van der Waals surface area contributed by atoms with E-state index < -0.39 is 0 Å². The van der Waals surface area contributed by atoms with Crippen LogP contribution in [-0.4, -0.2) is 58.1 Å². The summed E-state index contributed by atoms with van der Waals surface area (Å²) in [6.07, 6.45) is 3.67. The highest BCUT2D eigenvalue weighted by Gasteiger charge is 2.15. The Balaban J connectivity index is 1.48. The van der Waals surface area contributed by atoms with Crippen molar-refractivity contribution in [2.24, 2.45) is 0 Å². The lowest BCUT2D eigenvalue weighted by Crippen LogP contribution is -2.44. The molecule has 4 rings (SSSR count). The first-order valence-corrected chi connectivity index (χ1v) is 9.84. The maximum Gasteiger partial charge on any atom is 0.228 e. The second kappa shape index (κ2) is 7.58. The first kappa shape index (κ1) is 17.8. The number of rotatable bonds is 4. The van der Waals surface area contributed by atoms with Crippen molar-refractivity contribution in [1.82, 2.24) is 24.8 Å². The van der Waals surface area contributed by atoms with Gasteiger partial charge in [0.1, 0.15) is 5.82 Å². The molecular formula is C19H23N7S.